The van der Waals surface area contributed by atoms with Crippen molar-refractivity contribution in [1.82, 2.24) is 10.2 Å². The van der Waals surface area contributed by atoms with Crippen molar-refractivity contribution in [2.24, 2.45) is 0 Å². The van der Waals surface area contributed by atoms with Gasteiger partial charge in [0.25, 0.3) is 0 Å². The van der Waals surface area contributed by atoms with Gasteiger partial charge in [0.1, 0.15) is 5.75 Å². The van der Waals surface area contributed by atoms with Crippen molar-refractivity contribution in [2.45, 2.75) is 6.42 Å². The minimum Gasteiger partial charge on any atom is -0.496 e. The number of para-hydroxylation sites is 1. The Kier molecular flexibility index (Phi) is 3.64. The third-order valence-corrected chi connectivity index (χ3v) is 3.51. The van der Waals surface area contributed by atoms with Gasteiger partial charge in [-0.3, -0.25) is 5.10 Å². The number of fused-ring (bicyclic) bond motifs is 1. The Morgan fingerprint density at radius 3 is 3.00 bits per heavy atom. The predicted molar refractivity (Wildman–Crippen MR) is 85.7 cm³/mol. The van der Waals surface area contributed by atoms with Gasteiger partial charge in [0, 0.05) is 11.9 Å². The fourth-order valence-electron chi connectivity index (χ4n) is 2.40. The van der Waals surface area contributed by atoms with Gasteiger partial charge in [-0.1, -0.05) is 18.2 Å². The number of H-pyrrole nitrogens is 1. The average Bonchev–Trinajstić information content (AvgIpc) is 2.95. The molecule has 0 unspecified atom stereocenters. The van der Waals surface area contributed by atoms with Gasteiger partial charge in [-0.15, -0.1) is 0 Å². The van der Waals surface area contributed by atoms with E-state index >= 15 is 0 Å². The Labute approximate surface area is 123 Å². The molecule has 2 aromatic carbocycles. The zero-order valence-electron chi connectivity index (χ0n) is 11.9. The fourth-order valence-corrected chi connectivity index (χ4v) is 2.40. The van der Waals surface area contributed by atoms with Crippen molar-refractivity contribution in [1.29, 1.82) is 0 Å². The molecule has 108 valence electrons. The molecule has 0 atom stereocenters. The van der Waals surface area contributed by atoms with Crippen LogP contribution in [0.3, 0.4) is 0 Å². The number of nitrogens with zero attached hydrogens (tertiary/aromatic N) is 1. The smallest absolute Gasteiger partial charge is 0.122 e. The number of aromatic nitrogens is 2. The number of rotatable bonds is 5. The number of hydrogen-bond acceptors (Lipinski definition) is 4. The Morgan fingerprint density at radius 1 is 1.29 bits per heavy atom. The van der Waals surface area contributed by atoms with Crippen molar-refractivity contribution >= 4 is 22.3 Å². The molecule has 3 rings (SSSR count). The van der Waals surface area contributed by atoms with Crippen molar-refractivity contribution < 1.29 is 4.74 Å². The van der Waals surface area contributed by atoms with E-state index in [1.807, 2.05) is 30.3 Å². The van der Waals surface area contributed by atoms with Gasteiger partial charge in [-0.05, 0) is 30.2 Å². The Balaban J connectivity index is 1.70. The summed E-state index contributed by atoms with van der Waals surface area (Å²) in [4.78, 5) is 0. The van der Waals surface area contributed by atoms with E-state index in [0.717, 1.165) is 41.0 Å². The van der Waals surface area contributed by atoms with Crippen LogP contribution in [0.4, 0.5) is 11.4 Å². The summed E-state index contributed by atoms with van der Waals surface area (Å²) in [6, 6.07) is 11.9. The van der Waals surface area contributed by atoms with Gasteiger partial charge in [0.15, 0.2) is 0 Å². The molecule has 0 radical (unpaired) electrons. The summed E-state index contributed by atoms with van der Waals surface area (Å²) >= 11 is 0. The van der Waals surface area contributed by atoms with E-state index in [9.17, 15) is 0 Å². The maximum Gasteiger partial charge on any atom is 0.122 e. The lowest BCUT2D eigenvalue weighted by molar-refractivity contribution is 0.410. The van der Waals surface area contributed by atoms with Crippen LogP contribution < -0.4 is 15.8 Å². The molecule has 0 amide bonds. The predicted octanol–water partition coefficient (Wildman–Crippen LogP) is 2.81. The van der Waals surface area contributed by atoms with E-state index in [1.54, 1.807) is 13.3 Å². The van der Waals surface area contributed by atoms with E-state index in [-0.39, 0.29) is 0 Å². The molecular formula is C16H18N4O. The molecule has 21 heavy (non-hydrogen) atoms. The number of methoxy groups -OCH3 is 1. The molecule has 3 aromatic rings. The SMILES string of the molecule is COc1ccccc1CCNc1cc2[nH]ncc2cc1N. The first-order valence-electron chi connectivity index (χ1n) is 6.86. The van der Waals surface area contributed by atoms with Crippen LogP contribution in [-0.4, -0.2) is 23.9 Å². The average molecular weight is 282 g/mol. The minimum absolute atomic E-state index is 0.726. The van der Waals surface area contributed by atoms with E-state index in [0.29, 0.717) is 0 Å². The molecular weight excluding hydrogens is 264 g/mol. The molecule has 1 aromatic heterocycles. The number of nitrogens with one attached hydrogen (secondary N) is 2. The molecule has 0 fully saturated rings. The molecule has 0 saturated heterocycles. The molecule has 0 bridgehead atoms. The zero-order valence-corrected chi connectivity index (χ0v) is 11.9. The van der Waals surface area contributed by atoms with Crippen LogP contribution in [0.25, 0.3) is 10.9 Å². The van der Waals surface area contributed by atoms with Crippen LogP contribution in [-0.2, 0) is 6.42 Å². The molecule has 1 heterocycles. The van der Waals surface area contributed by atoms with Gasteiger partial charge in [0.2, 0.25) is 0 Å². The molecule has 5 heteroatoms. The highest BCUT2D eigenvalue weighted by atomic mass is 16.5. The Hall–Kier alpha value is -2.69. The van der Waals surface area contributed by atoms with Crippen LogP contribution in [0.15, 0.2) is 42.6 Å². The molecule has 0 saturated carbocycles. The first-order chi connectivity index (χ1) is 10.3. The van der Waals surface area contributed by atoms with Crippen LogP contribution in [0.1, 0.15) is 5.56 Å². The molecule has 0 aliphatic rings. The second-order valence-corrected chi connectivity index (χ2v) is 4.89. The van der Waals surface area contributed by atoms with E-state index in [2.05, 4.69) is 21.6 Å². The van der Waals surface area contributed by atoms with E-state index in [1.165, 1.54) is 5.56 Å². The number of aromatic amines is 1. The number of hydrogen-bond donors (Lipinski definition) is 3. The maximum absolute atomic E-state index is 6.05. The Morgan fingerprint density at radius 2 is 2.14 bits per heavy atom. The zero-order chi connectivity index (χ0) is 14.7. The summed E-state index contributed by atoms with van der Waals surface area (Å²) in [5.41, 5.74) is 9.85. The number of nitrogens with two attached hydrogens (primary N) is 1. The lowest BCUT2D eigenvalue weighted by Gasteiger charge is -2.11. The van der Waals surface area contributed by atoms with Gasteiger partial charge in [0.05, 0.1) is 30.2 Å². The highest BCUT2D eigenvalue weighted by Crippen LogP contribution is 2.25. The minimum atomic E-state index is 0.726. The van der Waals surface area contributed by atoms with Gasteiger partial charge in [-0.2, -0.15) is 5.10 Å². The molecule has 0 spiro atoms. The number of ether oxygens (including phenoxy) is 1. The van der Waals surface area contributed by atoms with Gasteiger partial charge in [-0.25, -0.2) is 0 Å². The first-order valence-corrected chi connectivity index (χ1v) is 6.86. The first kappa shape index (κ1) is 13.3. The van der Waals surface area contributed by atoms with Crippen LogP contribution in [0.5, 0.6) is 5.75 Å². The molecule has 0 aliphatic heterocycles. The molecule has 4 N–H and O–H groups in total. The highest BCUT2D eigenvalue weighted by Gasteiger charge is 2.05. The van der Waals surface area contributed by atoms with E-state index < -0.39 is 0 Å². The highest BCUT2D eigenvalue weighted by molar-refractivity contribution is 5.88. The van der Waals surface area contributed by atoms with Crippen LogP contribution >= 0.6 is 0 Å². The topological polar surface area (TPSA) is 76.0 Å². The standard InChI is InChI=1S/C16H18N4O/c1-21-16-5-3-2-4-11(16)6-7-18-15-9-14-12(8-13(15)17)10-19-20-14/h2-5,8-10,18H,6-7,17H2,1H3,(H,19,20). The molecule has 5 nitrogen and oxygen atoms in total. The summed E-state index contributed by atoms with van der Waals surface area (Å²) in [5.74, 6) is 0.913. The van der Waals surface area contributed by atoms with Gasteiger partial charge >= 0.3 is 0 Å². The van der Waals surface area contributed by atoms with Crippen molar-refractivity contribution in [3.8, 4) is 5.75 Å². The van der Waals surface area contributed by atoms with Crippen LogP contribution in [0.2, 0.25) is 0 Å². The number of nitrogen functional groups attached to an aromatic ring is 1. The van der Waals surface area contributed by atoms with Gasteiger partial charge < -0.3 is 15.8 Å². The summed E-state index contributed by atoms with van der Waals surface area (Å²) in [7, 11) is 1.69. The lowest BCUT2D eigenvalue weighted by atomic mass is 10.1. The summed E-state index contributed by atoms with van der Waals surface area (Å²) in [6.07, 6.45) is 2.63. The lowest BCUT2D eigenvalue weighted by Crippen LogP contribution is -2.07. The second-order valence-electron chi connectivity index (χ2n) is 4.89. The van der Waals surface area contributed by atoms with E-state index in [4.69, 9.17) is 10.5 Å². The summed E-state index contributed by atoms with van der Waals surface area (Å²) in [6.45, 7) is 0.782. The van der Waals surface area contributed by atoms with Crippen molar-refractivity contribution in [3.05, 3.63) is 48.2 Å². The number of anilines is 2. The number of benzene rings is 2. The largest absolute Gasteiger partial charge is 0.496 e. The normalized spacial score (nSPS) is 10.7. The van der Waals surface area contributed by atoms with Crippen molar-refractivity contribution in [3.63, 3.8) is 0 Å². The monoisotopic (exact) mass is 282 g/mol. The summed E-state index contributed by atoms with van der Waals surface area (Å²) < 4.78 is 5.35. The van der Waals surface area contributed by atoms with Crippen LogP contribution in [0, 0.1) is 0 Å². The fraction of sp³-hybridized carbons (Fsp3) is 0.188. The second kappa shape index (κ2) is 5.75. The maximum atomic E-state index is 6.05. The third kappa shape index (κ3) is 2.76. The Bertz CT molecular complexity index is 751. The quantitative estimate of drug-likeness (QED) is 0.629. The summed E-state index contributed by atoms with van der Waals surface area (Å²) in [5, 5.41) is 11.3. The molecule has 0 aliphatic carbocycles. The van der Waals surface area contributed by atoms with Crippen molar-refractivity contribution in [2.75, 3.05) is 24.7 Å². The third-order valence-electron chi connectivity index (χ3n) is 3.51.